The molecular weight excluding hydrogens is 316 g/mol. The molecule has 130 valence electrons. The predicted molar refractivity (Wildman–Crippen MR) is 96.6 cm³/mol. The predicted octanol–water partition coefficient (Wildman–Crippen LogP) is 2.87. The Kier molecular flexibility index (Phi) is 3.99. The standard InChI is InChI=1S/C20H22N2O3/c1-24-18-10-13-6-8-22(12-16(13)11-19(18)25-2)20(23)15-3-4-17-14(9-15)5-7-21-17/h3-4,9-11,21H,5-8,12H2,1-2H3. The van der Waals surface area contributed by atoms with Crippen LogP contribution in [0.2, 0.25) is 0 Å². The van der Waals surface area contributed by atoms with Gasteiger partial charge in [0, 0.05) is 30.9 Å². The summed E-state index contributed by atoms with van der Waals surface area (Å²) in [5.74, 6) is 1.54. The third-order valence-corrected chi connectivity index (χ3v) is 5.07. The minimum absolute atomic E-state index is 0.0927. The minimum atomic E-state index is 0.0927. The number of ether oxygens (including phenoxy) is 2. The zero-order chi connectivity index (χ0) is 17.4. The normalized spacial score (nSPS) is 15.2. The summed E-state index contributed by atoms with van der Waals surface area (Å²) in [6.45, 7) is 2.27. The molecule has 1 amide bonds. The SMILES string of the molecule is COc1cc2c(cc1OC)CN(C(=O)c1ccc3c(c1)CCN3)CC2. The van der Waals surface area contributed by atoms with Gasteiger partial charge in [-0.1, -0.05) is 0 Å². The Morgan fingerprint density at radius 2 is 1.76 bits per heavy atom. The van der Waals surface area contributed by atoms with Gasteiger partial charge in [0.15, 0.2) is 11.5 Å². The number of rotatable bonds is 3. The van der Waals surface area contributed by atoms with Crippen LogP contribution in [-0.2, 0) is 19.4 Å². The Morgan fingerprint density at radius 1 is 1.00 bits per heavy atom. The van der Waals surface area contributed by atoms with Crippen LogP contribution in [0.4, 0.5) is 5.69 Å². The van der Waals surface area contributed by atoms with Gasteiger partial charge in [0.05, 0.1) is 14.2 Å². The smallest absolute Gasteiger partial charge is 0.254 e. The molecule has 0 saturated heterocycles. The molecule has 0 spiro atoms. The number of amides is 1. The largest absolute Gasteiger partial charge is 0.493 e. The van der Waals surface area contributed by atoms with Crippen molar-refractivity contribution in [3.05, 3.63) is 52.6 Å². The number of nitrogens with one attached hydrogen (secondary N) is 1. The second-order valence-electron chi connectivity index (χ2n) is 6.50. The Balaban J connectivity index is 1.58. The Labute approximate surface area is 147 Å². The van der Waals surface area contributed by atoms with E-state index >= 15 is 0 Å². The molecule has 0 fully saturated rings. The summed E-state index contributed by atoms with van der Waals surface area (Å²) >= 11 is 0. The van der Waals surface area contributed by atoms with E-state index in [0.29, 0.717) is 12.3 Å². The lowest BCUT2D eigenvalue weighted by atomic mass is 9.98. The number of hydrogen-bond donors (Lipinski definition) is 1. The molecule has 4 rings (SSSR count). The second kappa shape index (κ2) is 6.31. The van der Waals surface area contributed by atoms with E-state index in [2.05, 4.69) is 5.32 Å². The van der Waals surface area contributed by atoms with Crippen molar-refractivity contribution in [1.29, 1.82) is 0 Å². The third kappa shape index (κ3) is 2.80. The van der Waals surface area contributed by atoms with Crippen LogP contribution in [0.25, 0.3) is 0 Å². The number of benzene rings is 2. The number of carbonyl (C=O) groups is 1. The van der Waals surface area contributed by atoms with E-state index in [0.717, 1.165) is 48.5 Å². The van der Waals surface area contributed by atoms with Crippen LogP contribution in [-0.4, -0.2) is 38.1 Å². The van der Waals surface area contributed by atoms with Crippen molar-refractivity contribution in [2.45, 2.75) is 19.4 Å². The molecule has 2 heterocycles. The summed E-state index contributed by atoms with van der Waals surface area (Å²) in [4.78, 5) is 14.9. The molecule has 5 heteroatoms. The minimum Gasteiger partial charge on any atom is -0.493 e. The van der Waals surface area contributed by atoms with Crippen molar-refractivity contribution in [3.8, 4) is 11.5 Å². The van der Waals surface area contributed by atoms with Crippen molar-refractivity contribution < 1.29 is 14.3 Å². The van der Waals surface area contributed by atoms with Gasteiger partial charge in [-0.15, -0.1) is 0 Å². The average molecular weight is 338 g/mol. The molecule has 2 aromatic rings. The Morgan fingerprint density at radius 3 is 2.52 bits per heavy atom. The summed E-state index contributed by atoms with van der Waals surface area (Å²) in [5.41, 5.74) is 5.50. The maximum absolute atomic E-state index is 12.9. The summed E-state index contributed by atoms with van der Waals surface area (Å²) in [6, 6.07) is 9.98. The third-order valence-electron chi connectivity index (χ3n) is 5.07. The van der Waals surface area contributed by atoms with Crippen molar-refractivity contribution in [1.82, 2.24) is 4.90 Å². The van der Waals surface area contributed by atoms with Gasteiger partial charge in [-0.3, -0.25) is 4.79 Å². The highest BCUT2D eigenvalue weighted by atomic mass is 16.5. The molecule has 0 aliphatic carbocycles. The first-order chi connectivity index (χ1) is 12.2. The molecule has 0 bridgehead atoms. The van der Waals surface area contributed by atoms with Crippen LogP contribution in [0.5, 0.6) is 11.5 Å². The van der Waals surface area contributed by atoms with E-state index in [1.54, 1.807) is 14.2 Å². The molecule has 25 heavy (non-hydrogen) atoms. The lowest BCUT2D eigenvalue weighted by Gasteiger charge is -2.30. The highest BCUT2D eigenvalue weighted by Gasteiger charge is 2.24. The zero-order valence-electron chi connectivity index (χ0n) is 14.6. The van der Waals surface area contributed by atoms with E-state index in [9.17, 15) is 4.79 Å². The van der Waals surface area contributed by atoms with Crippen molar-refractivity contribution in [2.24, 2.45) is 0 Å². The van der Waals surface area contributed by atoms with Gasteiger partial charge >= 0.3 is 0 Å². The van der Waals surface area contributed by atoms with Gasteiger partial charge in [-0.05, 0) is 59.9 Å². The highest BCUT2D eigenvalue weighted by molar-refractivity contribution is 5.95. The summed E-state index contributed by atoms with van der Waals surface area (Å²) < 4.78 is 10.8. The molecule has 0 aromatic heterocycles. The van der Waals surface area contributed by atoms with Gasteiger partial charge in [-0.25, -0.2) is 0 Å². The molecule has 0 atom stereocenters. The van der Waals surface area contributed by atoms with Crippen LogP contribution >= 0.6 is 0 Å². The van der Waals surface area contributed by atoms with E-state index in [4.69, 9.17) is 9.47 Å². The van der Waals surface area contributed by atoms with E-state index in [1.807, 2.05) is 35.2 Å². The molecule has 1 N–H and O–H groups in total. The first kappa shape index (κ1) is 15.8. The molecule has 0 radical (unpaired) electrons. The molecule has 2 aliphatic rings. The van der Waals surface area contributed by atoms with Crippen molar-refractivity contribution in [3.63, 3.8) is 0 Å². The van der Waals surface area contributed by atoms with Gasteiger partial charge in [0.2, 0.25) is 0 Å². The average Bonchev–Trinajstić information content (AvgIpc) is 3.13. The Bertz CT molecular complexity index is 832. The topological polar surface area (TPSA) is 50.8 Å². The lowest BCUT2D eigenvalue weighted by Crippen LogP contribution is -2.36. The summed E-state index contributed by atoms with van der Waals surface area (Å²) in [5, 5.41) is 3.33. The number of hydrogen-bond acceptors (Lipinski definition) is 4. The lowest BCUT2D eigenvalue weighted by molar-refractivity contribution is 0.0734. The van der Waals surface area contributed by atoms with Crippen LogP contribution in [0.3, 0.4) is 0 Å². The Hall–Kier alpha value is -2.69. The number of fused-ring (bicyclic) bond motifs is 2. The number of anilines is 1. The first-order valence-corrected chi connectivity index (χ1v) is 8.59. The van der Waals surface area contributed by atoms with Crippen LogP contribution < -0.4 is 14.8 Å². The van der Waals surface area contributed by atoms with E-state index in [-0.39, 0.29) is 5.91 Å². The molecule has 0 saturated carbocycles. The fourth-order valence-electron chi connectivity index (χ4n) is 3.68. The van der Waals surface area contributed by atoms with Gasteiger partial charge in [0.1, 0.15) is 0 Å². The van der Waals surface area contributed by atoms with E-state index in [1.165, 1.54) is 11.1 Å². The molecule has 2 aromatic carbocycles. The fraction of sp³-hybridized carbons (Fsp3) is 0.350. The first-order valence-electron chi connectivity index (χ1n) is 8.59. The number of methoxy groups -OCH3 is 2. The summed E-state index contributed by atoms with van der Waals surface area (Å²) in [7, 11) is 3.28. The van der Waals surface area contributed by atoms with Gasteiger partial charge < -0.3 is 19.7 Å². The fourth-order valence-corrected chi connectivity index (χ4v) is 3.68. The zero-order valence-corrected chi connectivity index (χ0v) is 14.6. The van der Waals surface area contributed by atoms with Crippen molar-refractivity contribution >= 4 is 11.6 Å². The van der Waals surface area contributed by atoms with Gasteiger partial charge in [0.25, 0.3) is 5.91 Å². The number of carbonyl (C=O) groups excluding carboxylic acids is 1. The van der Waals surface area contributed by atoms with Gasteiger partial charge in [-0.2, -0.15) is 0 Å². The summed E-state index contributed by atoms with van der Waals surface area (Å²) in [6.07, 6.45) is 1.81. The van der Waals surface area contributed by atoms with Crippen LogP contribution in [0, 0.1) is 0 Å². The maximum Gasteiger partial charge on any atom is 0.254 e. The monoisotopic (exact) mass is 338 g/mol. The number of nitrogens with zero attached hydrogens (tertiary/aromatic N) is 1. The quantitative estimate of drug-likeness (QED) is 0.935. The molecule has 0 unspecified atom stereocenters. The highest BCUT2D eigenvalue weighted by Crippen LogP contribution is 2.33. The molecule has 2 aliphatic heterocycles. The van der Waals surface area contributed by atoms with Crippen LogP contribution in [0.15, 0.2) is 30.3 Å². The maximum atomic E-state index is 12.9. The van der Waals surface area contributed by atoms with E-state index < -0.39 is 0 Å². The van der Waals surface area contributed by atoms with Crippen molar-refractivity contribution in [2.75, 3.05) is 32.6 Å². The second-order valence-corrected chi connectivity index (χ2v) is 6.50. The molecule has 5 nitrogen and oxygen atoms in total. The molecular formula is C20H22N2O3. The van der Waals surface area contributed by atoms with Crippen LogP contribution in [0.1, 0.15) is 27.0 Å².